The van der Waals surface area contributed by atoms with Crippen LogP contribution < -0.4 is 12.4 Å². The van der Waals surface area contributed by atoms with Crippen LogP contribution in [-0.4, -0.2) is 0 Å². The summed E-state index contributed by atoms with van der Waals surface area (Å²) in [6.07, 6.45) is 0. The summed E-state index contributed by atoms with van der Waals surface area (Å²) in [7, 11) is 0. The van der Waals surface area contributed by atoms with Gasteiger partial charge in [-0.25, -0.2) is 0 Å². The van der Waals surface area contributed by atoms with Crippen molar-refractivity contribution in [2.24, 2.45) is 0 Å². The molecule has 0 nitrogen and oxygen atoms in total. The first-order valence-corrected chi connectivity index (χ1v) is 8.15. The van der Waals surface area contributed by atoms with Crippen LogP contribution in [0.25, 0.3) is 11.1 Å². The maximum Gasteiger partial charge on any atom is 1.00 e. The van der Waals surface area contributed by atoms with E-state index in [1.54, 1.807) is 0 Å². The molecule has 0 bridgehead atoms. The molecule has 0 fully saturated rings. The van der Waals surface area contributed by atoms with E-state index in [1.807, 2.05) is 0 Å². The Hall–Kier alpha value is -0.530. The smallest absolute Gasteiger partial charge is 1.00 e. The van der Waals surface area contributed by atoms with Crippen molar-refractivity contribution in [2.45, 2.75) is 59.3 Å². The van der Waals surface area contributed by atoms with Gasteiger partial charge in [0.05, 0.1) is 0 Å². The van der Waals surface area contributed by atoms with Gasteiger partial charge in [-0.15, -0.1) is 0 Å². The number of halogens is 1. The van der Waals surface area contributed by atoms with Crippen molar-refractivity contribution in [3.8, 4) is 11.1 Å². The molecule has 0 spiro atoms. The van der Waals surface area contributed by atoms with Crippen molar-refractivity contribution in [3.63, 3.8) is 0 Å². The van der Waals surface area contributed by atoms with Crippen LogP contribution in [0, 0.1) is 0 Å². The molecule has 130 valence electrons. The summed E-state index contributed by atoms with van der Waals surface area (Å²) in [5.74, 6) is 1.65. The van der Waals surface area contributed by atoms with Gasteiger partial charge in [0.15, 0.2) is 0 Å². The van der Waals surface area contributed by atoms with E-state index in [2.05, 4.69) is 84.0 Å². The van der Waals surface area contributed by atoms with Gasteiger partial charge in [-0.05, 0) is 45.6 Å². The Morgan fingerprint density at radius 2 is 1.04 bits per heavy atom. The average Bonchev–Trinajstić information content (AvgIpc) is 2.46. The maximum atomic E-state index is 2.31. The molecule has 0 heterocycles. The van der Waals surface area contributed by atoms with E-state index in [1.165, 1.54) is 27.8 Å². The molecule has 0 saturated heterocycles. The van der Waals surface area contributed by atoms with Crippen LogP contribution in [0.3, 0.4) is 0 Å². The molecular weight excluding hydrogens is 485 g/mol. The minimum absolute atomic E-state index is 0. The van der Waals surface area contributed by atoms with Crippen molar-refractivity contribution in [2.75, 3.05) is 0 Å². The van der Waals surface area contributed by atoms with Gasteiger partial charge in [0, 0.05) is 0 Å². The zero-order chi connectivity index (χ0) is 15.6. The second kappa shape index (κ2) is 9.69. The van der Waals surface area contributed by atoms with Gasteiger partial charge in [0.25, 0.3) is 0 Å². The Morgan fingerprint density at radius 1 is 0.565 bits per heavy atom. The summed E-state index contributed by atoms with van der Waals surface area (Å²) < 4.78 is 0. The second-order valence-corrected chi connectivity index (χ2v) is 6.86. The van der Waals surface area contributed by atoms with E-state index in [-0.39, 0.29) is 34.8 Å². The molecule has 0 radical (unpaired) electrons. The van der Waals surface area contributed by atoms with Gasteiger partial charge in [-0.1, -0.05) is 84.0 Å². The largest absolute Gasteiger partial charge is 1.00 e. The molecule has 0 N–H and O–H groups in total. The molecule has 2 aromatic rings. The topological polar surface area (TPSA) is 0 Å². The zero-order valence-electron chi connectivity index (χ0n) is 15.0. The normalized spacial score (nSPS) is 10.7. The molecule has 2 heteroatoms. The van der Waals surface area contributed by atoms with E-state index in [0.29, 0.717) is 17.8 Å². The van der Waals surface area contributed by atoms with Gasteiger partial charge in [0.2, 0.25) is 0 Å². The number of benzene rings is 2. The van der Waals surface area contributed by atoms with Gasteiger partial charge in [-0.3, -0.25) is 0 Å². The van der Waals surface area contributed by atoms with E-state index in [9.17, 15) is 0 Å². The Morgan fingerprint density at radius 3 is 1.57 bits per heavy atom. The predicted octanol–water partition coefficient (Wildman–Crippen LogP) is 3.73. The zero-order valence-corrected chi connectivity index (χ0v) is 17.9. The first kappa shape index (κ1) is 22.5. The summed E-state index contributed by atoms with van der Waals surface area (Å²) in [5.41, 5.74) is 7.26. The summed E-state index contributed by atoms with van der Waals surface area (Å²) >= 11 is 0. The van der Waals surface area contributed by atoms with Crippen molar-refractivity contribution in [3.05, 3.63) is 59.2 Å². The Bertz CT molecular complexity index is 615. The van der Waals surface area contributed by atoms with Crippen molar-refractivity contribution in [1.29, 1.82) is 0 Å². The van der Waals surface area contributed by atoms with E-state index >= 15 is 0 Å². The minimum atomic E-state index is 0. The van der Waals surface area contributed by atoms with Crippen LogP contribution in [0.1, 0.15) is 76.0 Å². The predicted molar refractivity (Wildman–Crippen MR) is 94.1 cm³/mol. The van der Waals surface area contributed by atoms with Gasteiger partial charge >= 0.3 is 22.4 Å². The molecule has 0 aliphatic carbocycles. The van der Waals surface area contributed by atoms with Crippen molar-refractivity contribution in [1.82, 2.24) is 0 Å². The summed E-state index contributed by atoms with van der Waals surface area (Å²) in [6, 6.07) is 15.7. The quantitative estimate of drug-likeness (QED) is 0.548. The van der Waals surface area contributed by atoms with Crippen molar-refractivity contribution >= 4 is 0 Å². The molecule has 0 aromatic heterocycles. The van der Waals surface area contributed by atoms with Crippen molar-refractivity contribution < 1.29 is 34.8 Å². The van der Waals surface area contributed by atoms with Crippen LogP contribution >= 0.6 is 0 Å². The van der Waals surface area contributed by atoms with Crippen LogP contribution in [-0.2, 0) is 22.4 Å². The molecular formula is C21H28AuCl. The first-order chi connectivity index (χ1) is 9.93. The number of hydrogen-bond donors (Lipinski definition) is 0. The van der Waals surface area contributed by atoms with Gasteiger partial charge in [0.1, 0.15) is 0 Å². The third kappa shape index (κ3) is 4.97. The van der Waals surface area contributed by atoms with Crippen LogP contribution in [0.15, 0.2) is 42.5 Å². The number of hydrogen-bond acceptors (Lipinski definition) is 0. The third-order valence-corrected chi connectivity index (χ3v) is 4.21. The van der Waals surface area contributed by atoms with Crippen LogP contribution in [0.2, 0.25) is 0 Å². The summed E-state index contributed by atoms with van der Waals surface area (Å²) in [6.45, 7) is 13.8. The molecule has 0 atom stereocenters. The molecule has 23 heavy (non-hydrogen) atoms. The summed E-state index contributed by atoms with van der Waals surface area (Å²) in [4.78, 5) is 0. The fourth-order valence-electron chi connectivity index (χ4n) is 3.21. The minimum Gasteiger partial charge on any atom is -1.00 e. The van der Waals surface area contributed by atoms with Crippen LogP contribution in [0.5, 0.6) is 0 Å². The standard InChI is InChI=1S/C21H28.Au.ClH/c1-14(2)17-10-7-8-11-19(17)20-13-9-12-18(15(3)4)21(20)16(5)6;;/h7-16H,1-6H3;;1H/q;+1;/p-1. The molecule has 2 rings (SSSR count). The maximum absolute atomic E-state index is 2.31. The average molecular weight is 513 g/mol. The second-order valence-electron chi connectivity index (χ2n) is 6.86. The summed E-state index contributed by atoms with van der Waals surface area (Å²) in [5, 5.41) is 0. The molecule has 0 aliphatic heterocycles. The Balaban J connectivity index is 0.00000242. The Labute approximate surface area is 164 Å². The number of rotatable bonds is 4. The molecule has 0 amide bonds. The fourth-order valence-corrected chi connectivity index (χ4v) is 3.21. The van der Waals surface area contributed by atoms with Crippen LogP contribution in [0.4, 0.5) is 0 Å². The Kier molecular flexibility index (Phi) is 9.47. The fraction of sp³-hybridized carbons (Fsp3) is 0.429. The third-order valence-electron chi connectivity index (χ3n) is 4.21. The van der Waals surface area contributed by atoms with E-state index in [0.717, 1.165) is 0 Å². The molecule has 0 unspecified atom stereocenters. The monoisotopic (exact) mass is 512 g/mol. The van der Waals surface area contributed by atoms with E-state index < -0.39 is 0 Å². The SMILES string of the molecule is CC(C)c1ccccc1-c1cccc(C(C)C)c1C(C)C.[Au+].[Cl-]. The molecule has 2 aromatic carbocycles. The first-order valence-electron chi connectivity index (χ1n) is 8.15. The molecule has 0 saturated carbocycles. The van der Waals surface area contributed by atoms with Gasteiger partial charge < -0.3 is 12.4 Å². The molecule has 0 aliphatic rings. The van der Waals surface area contributed by atoms with E-state index in [4.69, 9.17) is 0 Å². The van der Waals surface area contributed by atoms with Gasteiger partial charge in [-0.2, -0.15) is 0 Å².